The quantitative estimate of drug-likeness (QED) is 0.829. The van der Waals surface area contributed by atoms with Crippen LogP contribution < -0.4 is 5.32 Å². The molecule has 0 saturated carbocycles. The third-order valence-electron chi connectivity index (χ3n) is 4.56. The summed E-state index contributed by atoms with van der Waals surface area (Å²) in [4.78, 5) is 14.1. The number of halogens is 4. The van der Waals surface area contributed by atoms with Gasteiger partial charge >= 0.3 is 0 Å². The summed E-state index contributed by atoms with van der Waals surface area (Å²) in [5.41, 5.74) is 0.0175. The molecule has 0 aliphatic carbocycles. The number of rotatable bonds is 2. The van der Waals surface area contributed by atoms with Gasteiger partial charge in [0.1, 0.15) is 0 Å². The number of nitrogens with zero attached hydrogens (tertiary/aromatic N) is 1. The lowest BCUT2D eigenvalue weighted by Gasteiger charge is -2.35. The molecule has 122 valence electrons. The lowest BCUT2D eigenvalue weighted by molar-refractivity contribution is 0.0681. The van der Waals surface area contributed by atoms with Crippen LogP contribution in [0.3, 0.4) is 0 Å². The SMILES string of the molecule is CN(C(=O)c1cc(F)c(F)cc1Cl)C1CC2CCC(C1)N2.Cl. The first-order chi connectivity index (χ1) is 9.95. The molecule has 2 aliphatic heterocycles. The number of hydrogen-bond acceptors (Lipinski definition) is 2. The van der Waals surface area contributed by atoms with Crippen LogP contribution in [0.25, 0.3) is 0 Å². The summed E-state index contributed by atoms with van der Waals surface area (Å²) in [6.07, 6.45) is 4.05. The minimum Gasteiger partial charge on any atom is -0.339 e. The van der Waals surface area contributed by atoms with Crippen LogP contribution in [0.1, 0.15) is 36.0 Å². The largest absolute Gasteiger partial charge is 0.339 e. The highest BCUT2D eigenvalue weighted by Gasteiger charge is 2.36. The fraction of sp³-hybridized carbons (Fsp3) is 0.533. The van der Waals surface area contributed by atoms with Gasteiger partial charge in [0, 0.05) is 25.2 Å². The van der Waals surface area contributed by atoms with Crippen molar-refractivity contribution >= 4 is 29.9 Å². The monoisotopic (exact) mass is 350 g/mol. The molecule has 3 nitrogen and oxygen atoms in total. The molecule has 22 heavy (non-hydrogen) atoms. The zero-order chi connectivity index (χ0) is 15.1. The Hall–Kier alpha value is -0.910. The van der Waals surface area contributed by atoms with Gasteiger partial charge in [-0.3, -0.25) is 4.79 Å². The predicted molar refractivity (Wildman–Crippen MR) is 83.7 cm³/mol. The maximum Gasteiger partial charge on any atom is 0.255 e. The number of benzene rings is 1. The van der Waals surface area contributed by atoms with E-state index >= 15 is 0 Å². The zero-order valence-electron chi connectivity index (χ0n) is 12.1. The van der Waals surface area contributed by atoms with Crippen molar-refractivity contribution in [1.82, 2.24) is 10.2 Å². The van der Waals surface area contributed by atoms with Gasteiger partial charge in [0.05, 0.1) is 10.6 Å². The van der Waals surface area contributed by atoms with E-state index < -0.39 is 11.6 Å². The van der Waals surface area contributed by atoms with Gasteiger partial charge in [0.2, 0.25) is 0 Å². The minimum atomic E-state index is -1.05. The van der Waals surface area contributed by atoms with E-state index in [1.165, 1.54) is 0 Å². The van der Waals surface area contributed by atoms with Crippen LogP contribution in [-0.2, 0) is 0 Å². The average Bonchev–Trinajstić information content (AvgIpc) is 2.79. The van der Waals surface area contributed by atoms with Gasteiger partial charge in [-0.05, 0) is 37.8 Å². The lowest BCUT2D eigenvalue weighted by atomic mass is 9.98. The molecule has 1 aromatic rings. The molecule has 0 spiro atoms. The Bertz CT molecular complexity index is 573. The van der Waals surface area contributed by atoms with E-state index in [4.69, 9.17) is 11.6 Å². The van der Waals surface area contributed by atoms with Crippen LogP contribution in [0, 0.1) is 11.6 Å². The van der Waals surface area contributed by atoms with Gasteiger partial charge in [-0.15, -0.1) is 12.4 Å². The molecule has 2 unspecified atom stereocenters. The number of piperidine rings is 1. The fourth-order valence-electron chi connectivity index (χ4n) is 3.39. The highest BCUT2D eigenvalue weighted by molar-refractivity contribution is 6.33. The Morgan fingerprint density at radius 2 is 1.77 bits per heavy atom. The second kappa shape index (κ2) is 6.69. The first kappa shape index (κ1) is 17.4. The number of carbonyl (C=O) groups excluding carboxylic acids is 1. The topological polar surface area (TPSA) is 32.3 Å². The van der Waals surface area contributed by atoms with Gasteiger partial charge in [0.15, 0.2) is 11.6 Å². The van der Waals surface area contributed by atoms with Gasteiger partial charge < -0.3 is 10.2 Å². The van der Waals surface area contributed by atoms with Crippen LogP contribution in [0.15, 0.2) is 12.1 Å². The van der Waals surface area contributed by atoms with E-state index in [0.717, 1.165) is 37.8 Å². The van der Waals surface area contributed by atoms with E-state index in [-0.39, 0.29) is 34.9 Å². The van der Waals surface area contributed by atoms with Crippen molar-refractivity contribution in [3.05, 3.63) is 34.4 Å². The van der Waals surface area contributed by atoms with E-state index in [0.29, 0.717) is 12.1 Å². The molecule has 1 aromatic carbocycles. The van der Waals surface area contributed by atoms with Crippen LogP contribution >= 0.6 is 24.0 Å². The van der Waals surface area contributed by atoms with Crippen LogP contribution in [0.2, 0.25) is 5.02 Å². The fourth-order valence-corrected chi connectivity index (χ4v) is 3.62. The molecule has 2 heterocycles. The molecule has 2 bridgehead atoms. The smallest absolute Gasteiger partial charge is 0.255 e. The Morgan fingerprint density at radius 3 is 2.36 bits per heavy atom. The van der Waals surface area contributed by atoms with E-state index in [1.807, 2.05) is 0 Å². The lowest BCUT2D eigenvalue weighted by Crippen LogP contribution is -2.48. The van der Waals surface area contributed by atoms with Gasteiger partial charge in [0.25, 0.3) is 5.91 Å². The van der Waals surface area contributed by atoms with E-state index in [9.17, 15) is 13.6 Å². The Balaban J connectivity index is 0.00000176. The average molecular weight is 351 g/mol. The van der Waals surface area contributed by atoms with Gasteiger partial charge in [-0.25, -0.2) is 8.78 Å². The first-order valence-electron chi connectivity index (χ1n) is 7.13. The molecule has 1 N–H and O–H groups in total. The normalized spacial score (nSPS) is 26.5. The molecule has 2 saturated heterocycles. The highest BCUT2D eigenvalue weighted by Crippen LogP contribution is 2.30. The summed E-state index contributed by atoms with van der Waals surface area (Å²) in [6.45, 7) is 0. The van der Waals surface area contributed by atoms with E-state index in [2.05, 4.69) is 5.32 Å². The molecular weight excluding hydrogens is 333 g/mol. The number of nitrogens with one attached hydrogen (secondary N) is 1. The summed E-state index contributed by atoms with van der Waals surface area (Å²) < 4.78 is 26.4. The molecule has 2 atom stereocenters. The van der Waals surface area contributed by atoms with E-state index in [1.54, 1.807) is 11.9 Å². The van der Waals surface area contributed by atoms with Crippen molar-refractivity contribution in [2.24, 2.45) is 0 Å². The summed E-state index contributed by atoms with van der Waals surface area (Å²) in [5, 5.41) is 3.46. The highest BCUT2D eigenvalue weighted by atomic mass is 35.5. The first-order valence-corrected chi connectivity index (χ1v) is 7.51. The van der Waals surface area contributed by atoms with Crippen molar-refractivity contribution in [2.75, 3.05) is 7.05 Å². The van der Waals surface area contributed by atoms with Crippen molar-refractivity contribution in [3.8, 4) is 0 Å². The summed E-state index contributed by atoms with van der Waals surface area (Å²) in [7, 11) is 1.70. The number of amides is 1. The molecule has 0 aromatic heterocycles. The van der Waals surface area contributed by atoms with Crippen molar-refractivity contribution in [1.29, 1.82) is 0 Å². The molecule has 1 amide bonds. The molecular formula is C15H18Cl2F2N2O. The maximum atomic E-state index is 13.3. The van der Waals surface area contributed by atoms with Gasteiger partial charge in [-0.2, -0.15) is 0 Å². The second-order valence-corrected chi connectivity index (χ2v) is 6.33. The summed E-state index contributed by atoms with van der Waals surface area (Å²) in [5.74, 6) is -2.45. The molecule has 0 radical (unpaired) electrons. The summed E-state index contributed by atoms with van der Waals surface area (Å²) in [6, 6.07) is 2.74. The summed E-state index contributed by atoms with van der Waals surface area (Å²) >= 11 is 5.88. The number of hydrogen-bond donors (Lipinski definition) is 1. The Labute approximate surface area is 139 Å². The van der Waals surface area contributed by atoms with Crippen LogP contribution in [0.4, 0.5) is 8.78 Å². The molecule has 7 heteroatoms. The van der Waals surface area contributed by atoms with Crippen molar-refractivity contribution in [2.45, 2.75) is 43.8 Å². The van der Waals surface area contributed by atoms with Gasteiger partial charge in [-0.1, -0.05) is 11.6 Å². The molecule has 2 fully saturated rings. The standard InChI is InChI=1S/C15H17ClF2N2O.ClH/c1-20(10-4-8-2-3-9(5-10)19-8)15(21)11-6-13(17)14(18)7-12(11)16;/h6-10,19H,2-5H2,1H3;1H. The van der Waals surface area contributed by atoms with Crippen LogP contribution in [-0.4, -0.2) is 36.0 Å². The molecule has 3 rings (SSSR count). The van der Waals surface area contributed by atoms with Crippen molar-refractivity contribution in [3.63, 3.8) is 0 Å². The Kier molecular flexibility index (Phi) is 5.30. The zero-order valence-corrected chi connectivity index (χ0v) is 13.7. The number of fused-ring (bicyclic) bond motifs is 2. The molecule has 2 aliphatic rings. The number of carbonyl (C=O) groups is 1. The third-order valence-corrected chi connectivity index (χ3v) is 4.87. The Morgan fingerprint density at radius 1 is 1.23 bits per heavy atom. The van der Waals surface area contributed by atoms with Crippen molar-refractivity contribution < 1.29 is 13.6 Å². The third kappa shape index (κ3) is 3.21. The maximum absolute atomic E-state index is 13.3. The predicted octanol–water partition coefficient (Wildman–Crippen LogP) is 3.40. The second-order valence-electron chi connectivity index (χ2n) is 5.93. The van der Waals surface area contributed by atoms with Crippen LogP contribution in [0.5, 0.6) is 0 Å². The minimum absolute atomic E-state index is 0.